The predicted molar refractivity (Wildman–Crippen MR) is 239 cm³/mol. The highest BCUT2D eigenvalue weighted by Gasteiger charge is 2.42. The summed E-state index contributed by atoms with van der Waals surface area (Å²) in [7, 11) is 0. The second kappa shape index (κ2) is 23.1. The molecule has 0 heterocycles. The van der Waals surface area contributed by atoms with Crippen LogP contribution >= 0.6 is 0 Å². The van der Waals surface area contributed by atoms with Crippen molar-refractivity contribution < 1.29 is 90.8 Å². The van der Waals surface area contributed by atoms with Crippen LogP contribution in [0.25, 0.3) is 0 Å². The number of fused-ring (bicyclic) bond motifs is 8. The van der Waals surface area contributed by atoms with E-state index in [4.69, 9.17) is 18.9 Å². The summed E-state index contributed by atoms with van der Waals surface area (Å²) in [6.07, 6.45) is -22.5. The quantitative estimate of drug-likeness (QED) is 0.0713. The van der Waals surface area contributed by atoms with Gasteiger partial charge < -0.3 is 40.2 Å². The van der Waals surface area contributed by atoms with Gasteiger partial charge in [0.2, 0.25) is 0 Å². The van der Waals surface area contributed by atoms with Gasteiger partial charge in [-0.15, -0.1) is 0 Å². The Labute approximate surface area is 404 Å². The molecule has 1 aliphatic rings. The van der Waals surface area contributed by atoms with E-state index < -0.39 is 96.8 Å². The first kappa shape index (κ1) is 56.0. The van der Waals surface area contributed by atoms with Gasteiger partial charge in [0.25, 0.3) is 0 Å². The molecular weight excluding hydrogens is 989 g/mol. The number of benzene rings is 4. The third-order valence-corrected chi connectivity index (χ3v) is 10.4. The van der Waals surface area contributed by atoms with Crippen LogP contribution in [-0.4, -0.2) is 74.8 Å². The van der Waals surface area contributed by atoms with Crippen LogP contribution < -0.4 is 40.2 Å². The molecule has 0 saturated heterocycles. The molecule has 392 valence electrons. The maximum Gasteiger partial charge on any atom is 0.471 e. The molecule has 0 saturated carbocycles. The zero-order valence-electron chi connectivity index (χ0n) is 38.9. The summed E-state index contributed by atoms with van der Waals surface area (Å²) in [5.41, 5.74) is -2.31. The molecule has 4 amide bonds. The van der Waals surface area contributed by atoms with E-state index in [1.165, 1.54) is 0 Å². The van der Waals surface area contributed by atoms with Crippen molar-refractivity contribution in [3.8, 4) is 23.0 Å². The van der Waals surface area contributed by atoms with E-state index in [2.05, 4.69) is 0 Å². The predicted octanol–water partition coefficient (Wildman–Crippen LogP) is 11.5. The van der Waals surface area contributed by atoms with Gasteiger partial charge in [-0.1, -0.05) is 27.7 Å². The van der Waals surface area contributed by atoms with Crippen molar-refractivity contribution in [3.05, 3.63) is 93.0 Å². The normalized spacial score (nSPS) is 12.9. The van der Waals surface area contributed by atoms with Crippen molar-refractivity contribution in [1.29, 1.82) is 0 Å². The molecule has 24 heteroatoms. The van der Waals surface area contributed by atoms with Gasteiger partial charge >= 0.3 is 48.3 Å². The molecule has 1 aliphatic carbocycles. The van der Waals surface area contributed by atoms with Crippen molar-refractivity contribution in [3.63, 3.8) is 0 Å². The topological polar surface area (TPSA) is 153 Å². The fourth-order valence-corrected chi connectivity index (χ4v) is 7.54. The number of carbonyl (C=O) groups is 4. The molecule has 4 N–H and O–H groups in total. The average molecular weight is 1040 g/mol. The first-order valence-corrected chi connectivity index (χ1v) is 22.3. The minimum absolute atomic E-state index is 0.0407. The van der Waals surface area contributed by atoms with E-state index in [9.17, 15) is 71.9 Å². The number of hydrogen-bond acceptors (Lipinski definition) is 8. The lowest BCUT2D eigenvalue weighted by atomic mass is 9.90. The molecule has 0 aliphatic heterocycles. The average Bonchev–Trinajstić information content (AvgIpc) is 3.26. The van der Waals surface area contributed by atoms with E-state index in [1.54, 1.807) is 49.0 Å². The maximum atomic E-state index is 13.8. The number of rotatable bonds is 16. The van der Waals surface area contributed by atoms with Crippen LogP contribution in [0.4, 0.5) is 75.4 Å². The second-order valence-corrected chi connectivity index (χ2v) is 16.4. The van der Waals surface area contributed by atoms with Crippen molar-refractivity contribution in [1.82, 2.24) is 0 Å². The fraction of sp³-hybridized carbons (Fsp3) is 0.417. The van der Waals surface area contributed by atoms with E-state index >= 15 is 0 Å². The molecule has 0 atom stereocenters. The molecular formula is C48H48F12N4O8. The van der Waals surface area contributed by atoms with E-state index in [0.29, 0.717) is 25.7 Å². The van der Waals surface area contributed by atoms with Crippen molar-refractivity contribution in [2.45, 2.75) is 104 Å². The molecule has 12 nitrogen and oxygen atoms in total. The third kappa shape index (κ3) is 14.6. The number of ether oxygens (including phenoxy) is 4. The van der Waals surface area contributed by atoms with Gasteiger partial charge in [0.1, 0.15) is 23.0 Å². The van der Waals surface area contributed by atoms with Gasteiger partial charge in [0.15, 0.2) is 0 Å². The first-order valence-electron chi connectivity index (χ1n) is 22.3. The van der Waals surface area contributed by atoms with Crippen molar-refractivity contribution in [2.75, 3.05) is 47.7 Å². The number of carbonyl (C=O) groups excluding carboxylic acids is 4. The van der Waals surface area contributed by atoms with Gasteiger partial charge in [0, 0.05) is 92.9 Å². The minimum Gasteiger partial charge on any atom is -0.493 e. The highest BCUT2D eigenvalue weighted by atomic mass is 19.4. The lowest BCUT2D eigenvalue weighted by Crippen LogP contribution is -2.30. The lowest BCUT2D eigenvalue weighted by molar-refractivity contribution is -0.167. The molecule has 0 fully saturated rings. The molecule has 0 spiro atoms. The Balaban J connectivity index is 2.02. The van der Waals surface area contributed by atoms with Gasteiger partial charge in [0.05, 0.1) is 26.4 Å². The summed E-state index contributed by atoms with van der Waals surface area (Å²) in [6, 6.07) is 8.68. The van der Waals surface area contributed by atoms with Crippen LogP contribution in [0.5, 0.6) is 23.0 Å². The number of halogens is 12. The van der Waals surface area contributed by atoms with E-state index in [0.717, 1.165) is 48.5 Å². The monoisotopic (exact) mass is 1040 g/mol. The van der Waals surface area contributed by atoms with Crippen LogP contribution in [0.1, 0.15) is 97.9 Å². The number of hydrogen-bond donors (Lipinski definition) is 4. The van der Waals surface area contributed by atoms with Crippen LogP contribution in [0.15, 0.2) is 48.5 Å². The lowest BCUT2D eigenvalue weighted by Gasteiger charge is -2.25. The molecule has 0 aromatic heterocycles. The zero-order valence-corrected chi connectivity index (χ0v) is 38.9. The Kier molecular flexibility index (Phi) is 18.0. The fourth-order valence-electron chi connectivity index (χ4n) is 7.54. The number of nitrogens with one attached hydrogen (secondary N) is 4. The minimum atomic E-state index is -5.43. The Morgan fingerprint density at radius 2 is 0.500 bits per heavy atom. The summed E-state index contributed by atoms with van der Waals surface area (Å²) in [5, 5.41) is 7.13. The van der Waals surface area contributed by atoms with Gasteiger partial charge in [-0.25, -0.2) is 0 Å². The standard InChI is InChI=1S/C48H48F12N4O8/c1-5-9-69-37-25-13-27-19-34(62-42(66)46(52,53)54)21-29(38(27)70-10-6-2)15-31-23-36(64-44(68)48(58,59)60)24-32(40(31)72-12-8-4)16-30-22-35(63-43(67)47(55,56)57)20-28(39(30)71-11-7-3)14-26(37)18-33(17-25)61-41(65)45(49,50)51/h17-24H,5-16H2,1-4H3,(H,61,65)(H,62,66)(H,63,67)(H,64,68). The van der Waals surface area contributed by atoms with E-state index in [-0.39, 0.29) is 93.9 Å². The largest absolute Gasteiger partial charge is 0.493 e. The highest BCUT2D eigenvalue weighted by molar-refractivity contribution is 5.97. The molecule has 0 radical (unpaired) electrons. The van der Waals surface area contributed by atoms with Crippen molar-refractivity contribution >= 4 is 46.4 Å². The molecule has 4 aromatic carbocycles. The Morgan fingerprint density at radius 1 is 0.347 bits per heavy atom. The Morgan fingerprint density at radius 3 is 0.625 bits per heavy atom. The van der Waals surface area contributed by atoms with Crippen molar-refractivity contribution in [2.24, 2.45) is 0 Å². The van der Waals surface area contributed by atoms with Crippen LogP contribution in [0, 0.1) is 0 Å². The molecule has 8 bridgehead atoms. The summed E-state index contributed by atoms with van der Waals surface area (Å²) in [5.74, 6) is -9.97. The van der Waals surface area contributed by atoms with E-state index in [1.807, 2.05) is 0 Å². The first-order chi connectivity index (χ1) is 33.7. The summed E-state index contributed by atoms with van der Waals surface area (Å²) < 4.78 is 191. The molecule has 0 unspecified atom stereocenters. The number of alkyl halides is 12. The summed E-state index contributed by atoms with van der Waals surface area (Å²) in [6.45, 7) is 6.51. The highest BCUT2D eigenvalue weighted by Crippen LogP contribution is 2.43. The second-order valence-electron chi connectivity index (χ2n) is 16.4. The molecule has 72 heavy (non-hydrogen) atoms. The Bertz CT molecular complexity index is 2200. The van der Waals surface area contributed by atoms with Crippen LogP contribution in [0.3, 0.4) is 0 Å². The summed E-state index contributed by atoms with van der Waals surface area (Å²) >= 11 is 0. The third-order valence-electron chi connectivity index (χ3n) is 10.4. The van der Waals surface area contributed by atoms with Crippen LogP contribution in [-0.2, 0) is 44.9 Å². The smallest absolute Gasteiger partial charge is 0.471 e. The zero-order chi connectivity index (χ0) is 53.3. The van der Waals surface area contributed by atoms with Crippen LogP contribution in [0.2, 0.25) is 0 Å². The maximum absolute atomic E-state index is 13.8. The number of anilines is 4. The SMILES string of the molecule is CCCOc1c2cc(NC(=O)C(F)(F)F)cc1Cc1cc(NC(=O)C(F)(F)F)cc(c1OCCC)Cc1cc(NC(=O)C(F)(F)F)cc(c1OCCC)Cc1cc(NC(=O)C(F)(F)F)cc(c1OCCC)C2. The molecule has 5 rings (SSSR count). The Hall–Kier alpha value is -6.88. The van der Waals surface area contributed by atoms with Gasteiger partial charge in [-0.2, -0.15) is 52.7 Å². The summed E-state index contributed by atoms with van der Waals surface area (Å²) in [4.78, 5) is 49.9. The number of amides is 4. The van der Waals surface area contributed by atoms with Gasteiger partial charge in [-0.3, -0.25) is 19.2 Å². The van der Waals surface area contributed by atoms with Gasteiger partial charge in [-0.05, 0) is 74.2 Å². The molecule has 4 aromatic rings.